The van der Waals surface area contributed by atoms with Gasteiger partial charge in [-0.15, -0.1) is 0 Å². The van der Waals surface area contributed by atoms with Crippen molar-refractivity contribution in [3.05, 3.63) is 23.7 Å². The van der Waals surface area contributed by atoms with Crippen LogP contribution < -0.4 is 0 Å². The highest BCUT2D eigenvalue weighted by Gasteiger charge is 2.22. The molecule has 0 amide bonds. The number of carboxylic acids is 1. The van der Waals surface area contributed by atoms with Gasteiger partial charge in [-0.05, 0) is 18.9 Å². The molecule has 1 unspecified atom stereocenters. The van der Waals surface area contributed by atoms with Crippen LogP contribution in [0.5, 0.6) is 0 Å². The summed E-state index contributed by atoms with van der Waals surface area (Å²) in [5.41, 5.74) is 1.08. The van der Waals surface area contributed by atoms with E-state index in [9.17, 15) is 4.79 Å². The number of aromatic amines is 1. The number of carboxylic acid groups (broad SMARTS) is 1. The van der Waals surface area contributed by atoms with E-state index in [1.54, 1.807) is 0 Å². The van der Waals surface area contributed by atoms with Crippen LogP contribution in [-0.4, -0.2) is 32.6 Å². The number of aromatic nitrogens is 3. The topological polar surface area (TPSA) is 88.1 Å². The van der Waals surface area contributed by atoms with Crippen molar-refractivity contribution in [3.8, 4) is 0 Å². The molecule has 0 saturated carbocycles. The van der Waals surface area contributed by atoms with E-state index in [1.165, 1.54) is 12.3 Å². The standard InChI is InChI=1S/C11H11N3O3/c15-11(16)6-3-4-12-10-8(6)13-9(14-10)7-2-1-5-17-7/h3-4,7H,1-2,5H2,(H,15,16)(H,12,13,14). The fourth-order valence-corrected chi connectivity index (χ4v) is 2.05. The van der Waals surface area contributed by atoms with Crippen LogP contribution in [0.15, 0.2) is 12.3 Å². The first-order valence-corrected chi connectivity index (χ1v) is 5.45. The zero-order valence-corrected chi connectivity index (χ0v) is 9.01. The van der Waals surface area contributed by atoms with E-state index in [-0.39, 0.29) is 11.7 Å². The number of H-pyrrole nitrogens is 1. The van der Waals surface area contributed by atoms with Crippen molar-refractivity contribution in [2.75, 3.05) is 6.61 Å². The van der Waals surface area contributed by atoms with Gasteiger partial charge in [-0.1, -0.05) is 0 Å². The van der Waals surface area contributed by atoms with Gasteiger partial charge >= 0.3 is 5.97 Å². The third-order valence-electron chi connectivity index (χ3n) is 2.88. The molecule has 3 heterocycles. The van der Waals surface area contributed by atoms with Crippen molar-refractivity contribution in [3.63, 3.8) is 0 Å². The first-order chi connectivity index (χ1) is 8.25. The summed E-state index contributed by atoms with van der Waals surface area (Å²) >= 11 is 0. The number of carbonyl (C=O) groups is 1. The molecule has 0 spiro atoms. The van der Waals surface area contributed by atoms with E-state index in [0.29, 0.717) is 17.0 Å². The first kappa shape index (κ1) is 10.2. The Balaban J connectivity index is 2.11. The highest BCUT2D eigenvalue weighted by molar-refractivity contribution is 5.99. The summed E-state index contributed by atoms with van der Waals surface area (Å²) in [7, 11) is 0. The number of pyridine rings is 1. The normalized spacial score (nSPS) is 19.9. The largest absolute Gasteiger partial charge is 0.478 e. The zero-order chi connectivity index (χ0) is 11.8. The van der Waals surface area contributed by atoms with Crippen molar-refractivity contribution in [1.29, 1.82) is 0 Å². The summed E-state index contributed by atoms with van der Waals surface area (Å²) in [6.07, 6.45) is 3.29. The molecule has 1 saturated heterocycles. The highest BCUT2D eigenvalue weighted by Crippen LogP contribution is 2.28. The second-order valence-corrected chi connectivity index (χ2v) is 3.99. The van der Waals surface area contributed by atoms with E-state index >= 15 is 0 Å². The van der Waals surface area contributed by atoms with Gasteiger partial charge in [0.1, 0.15) is 11.9 Å². The molecule has 0 aliphatic carbocycles. The number of nitrogens with zero attached hydrogens (tertiary/aromatic N) is 2. The Morgan fingerprint density at radius 1 is 1.59 bits per heavy atom. The van der Waals surface area contributed by atoms with Crippen molar-refractivity contribution in [1.82, 2.24) is 15.0 Å². The van der Waals surface area contributed by atoms with E-state index in [0.717, 1.165) is 19.4 Å². The van der Waals surface area contributed by atoms with Crippen LogP contribution in [0.1, 0.15) is 35.1 Å². The third-order valence-corrected chi connectivity index (χ3v) is 2.88. The zero-order valence-electron chi connectivity index (χ0n) is 9.01. The molecule has 1 aliphatic rings. The number of aromatic carboxylic acids is 1. The van der Waals surface area contributed by atoms with Gasteiger partial charge in [-0.3, -0.25) is 0 Å². The Bertz CT molecular complexity index is 572. The summed E-state index contributed by atoms with van der Waals surface area (Å²) in [5.74, 6) is -0.321. The minimum atomic E-state index is -0.986. The molecule has 6 heteroatoms. The number of imidazole rings is 1. The molecular weight excluding hydrogens is 222 g/mol. The minimum absolute atomic E-state index is 0.0640. The van der Waals surface area contributed by atoms with Crippen LogP contribution in [0.25, 0.3) is 11.2 Å². The number of ether oxygens (including phenoxy) is 1. The molecule has 0 radical (unpaired) electrons. The number of rotatable bonds is 2. The average Bonchev–Trinajstić information content (AvgIpc) is 2.96. The fraction of sp³-hybridized carbons (Fsp3) is 0.364. The maximum absolute atomic E-state index is 11.0. The Kier molecular flexibility index (Phi) is 2.29. The van der Waals surface area contributed by atoms with E-state index in [2.05, 4.69) is 15.0 Å². The van der Waals surface area contributed by atoms with Crippen LogP contribution in [0.2, 0.25) is 0 Å². The molecule has 2 aromatic heterocycles. The van der Waals surface area contributed by atoms with Crippen LogP contribution in [-0.2, 0) is 4.74 Å². The van der Waals surface area contributed by atoms with E-state index in [4.69, 9.17) is 9.84 Å². The molecule has 17 heavy (non-hydrogen) atoms. The Morgan fingerprint density at radius 2 is 2.47 bits per heavy atom. The maximum Gasteiger partial charge on any atom is 0.338 e. The molecule has 0 bridgehead atoms. The highest BCUT2D eigenvalue weighted by atomic mass is 16.5. The molecule has 2 N–H and O–H groups in total. The lowest BCUT2D eigenvalue weighted by molar-refractivity contribution is 0.0698. The molecule has 0 aromatic carbocycles. The van der Waals surface area contributed by atoms with Gasteiger partial charge < -0.3 is 14.8 Å². The van der Waals surface area contributed by atoms with Crippen molar-refractivity contribution in [2.24, 2.45) is 0 Å². The lowest BCUT2D eigenvalue weighted by Gasteiger charge is -2.03. The molecule has 1 atom stereocenters. The summed E-state index contributed by atoms with van der Waals surface area (Å²) < 4.78 is 5.50. The average molecular weight is 233 g/mol. The number of nitrogens with one attached hydrogen (secondary N) is 1. The Morgan fingerprint density at radius 3 is 3.18 bits per heavy atom. The molecular formula is C11H11N3O3. The smallest absolute Gasteiger partial charge is 0.338 e. The number of hydrogen-bond donors (Lipinski definition) is 2. The quantitative estimate of drug-likeness (QED) is 0.820. The Hall–Kier alpha value is -1.95. The lowest BCUT2D eigenvalue weighted by Crippen LogP contribution is -1.99. The van der Waals surface area contributed by atoms with Gasteiger partial charge in [0.05, 0.1) is 11.1 Å². The fourth-order valence-electron chi connectivity index (χ4n) is 2.05. The minimum Gasteiger partial charge on any atom is -0.478 e. The van der Waals surface area contributed by atoms with Gasteiger partial charge in [0.15, 0.2) is 5.65 Å². The predicted molar refractivity (Wildman–Crippen MR) is 58.8 cm³/mol. The van der Waals surface area contributed by atoms with Crippen molar-refractivity contribution >= 4 is 17.1 Å². The molecule has 1 fully saturated rings. The van der Waals surface area contributed by atoms with E-state index < -0.39 is 5.97 Å². The summed E-state index contributed by atoms with van der Waals surface area (Å²) in [6, 6.07) is 1.46. The van der Waals surface area contributed by atoms with Crippen LogP contribution in [0.4, 0.5) is 0 Å². The molecule has 88 valence electrons. The maximum atomic E-state index is 11.0. The summed E-state index contributed by atoms with van der Waals surface area (Å²) in [6.45, 7) is 0.723. The van der Waals surface area contributed by atoms with Crippen molar-refractivity contribution in [2.45, 2.75) is 18.9 Å². The predicted octanol–water partition coefficient (Wildman–Crippen LogP) is 1.51. The third kappa shape index (κ3) is 1.66. The van der Waals surface area contributed by atoms with Crippen LogP contribution in [0, 0.1) is 0 Å². The second kappa shape index (κ2) is 3.81. The van der Waals surface area contributed by atoms with Crippen LogP contribution >= 0.6 is 0 Å². The van der Waals surface area contributed by atoms with Gasteiger partial charge in [0, 0.05) is 12.8 Å². The lowest BCUT2D eigenvalue weighted by atomic mass is 10.2. The summed E-state index contributed by atoms with van der Waals surface area (Å²) in [4.78, 5) is 22.4. The molecule has 3 rings (SSSR count). The first-order valence-electron chi connectivity index (χ1n) is 5.45. The molecule has 6 nitrogen and oxygen atoms in total. The van der Waals surface area contributed by atoms with Crippen molar-refractivity contribution < 1.29 is 14.6 Å². The number of fused-ring (bicyclic) bond motifs is 1. The SMILES string of the molecule is O=C(O)c1ccnc2nc(C3CCCO3)[nH]c12. The monoisotopic (exact) mass is 233 g/mol. The second-order valence-electron chi connectivity index (χ2n) is 3.99. The van der Waals surface area contributed by atoms with Gasteiger partial charge in [-0.2, -0.15) is 0 Å². The Labute approximate surface area is 96.6 Å². The van der Waals surface area contributed by atoms with Gasteiger partial charge in [0.25, 0.3) is 0 Å². The van der Waals surface area contributed by atoms with E-state index in [1.807, 2.05) is 0 Å². The molecule has 2 aromatic rings. The number of hydrogen-bond acceptors (Lipinski definition) is 4. The molecule has 1 aliphatic heterocycles. The van der Waals surface area contributed by atoms with Gasteiger partial charge in [-0.25, -0.2) is 14.8 Å². The van der Waals surface area contributed by atoms with Crippen LogP contribution in [0.3, 0.4) is 0 Å². The summed E-state index contributed by atoms with van der Waals surface area (Å²) in [5, 5.41) is 9.05. The van der Waals surface area contributed by atoms with Gasteiger partial charge in [0.2, 0.25) is 0 Å².